The van der Waals surface area contributed by atoms with Crippen LogP contribution >= 0.6 is 11.6 Å². The molecule has 172 valence electrons. The lowest BCUT2D eigenvalue weighted by Gasteiger charge is -2.38. The number of carbonyl (C=O) groups is 1. The third-order valence-electron chi connectivity index (χ3n) is 6.84. The van der Waals surface area contributed by atoms with Crippen molar-refractivity contribution in [1.82, 2.24) is 9.80 Å². The van der Waals surface area contributed by atoms with Gasteiger partial charge in [-0.15, -0.1) is 0 Å². The first-order valence-electron chi connectivity index (χ1n) is 12.0. The Labute approximate surface area is 197 Å². The average Bonchev–Trinajstić information content (AvgIpc) is 2.83. The molecule has 0 unspecified atom stereocenters. The van der Waals surface area contributed by atoms with E-state index in [1.54, 1.807) is 0 Å². The van der Waals surface area contributed by atoms with Crippen LogP contribution in [0.3, 0.4) is 0 Å². The molecule has 4 nitrogen and oxygen atoms in total. The van der Waals surface area contributed by atoms with Crippen molar-refractivity contribution < 1.29 is 9.53 Å². The summed E-state index contributed by atoms with van der Waals surface area (Å²) in [6.45, 7) is 6.94. The number of nitrogens with zero attached hydrogens (tertiary/aromatic N) is 2. The molecule has 0 aromatic heterocycles. The molecule has 32 heavy (non-hydrogen) atoms. The summed E-state index contributed by atoms with van der Waals surface area (Å²) in [5, 5.41) is 0.737. The zero-order chi connectivity index (χ0) is 22.3. The fourth-order valence-corrected chi connectivity index (χ4v) is 5.05. The lowest BCUT2D eigenvalue weighted by molar-refractivity contribution is -0.138. The first-order valence-corrected chi connectivity index (χ1v) is 12.4. The SMILES string of the molecule is Cc1cccc(CO[C@@H](CN2CCN(C(=O)C3CCCCC3)CC2)c2ccc(Cl)cc2)c1. The Hall–Kier alpha value is -1.88. The van der Waals surface area contributed by atoms with Crippen molar-refractivity contribution in [2.24, 2.45) is 5.92 Å². The minimum Gasteiger partial charge on any atom is -0.368 e. The molecule has 1 saturated heterocycles. The van der Waals surface area contributed by atoms with E-state index in [4.69, 9.17) is 16.3 Å². The fraction of sp³-hybridized carbons (Fsp3) is 0.519. The number of halogens is 1. The molecule has 1 heterocycles. The Morgan fingerprint density at radius 2 is 1.75 bits per heavy atom. The van der Waals surface area contributed by atoms with E-state index < -0.39 is 0 Å². The normalized spacial score (nSPS) is 19.1. The molecule has 2 aliphatic rings. The van der Waals surface area contributed by atoms with Crippen molar-refractivity contribution in [3.63, 3.8) is 0 Å². The zero-order valence-corrected chi connectivity index (χ0v) is 19.9. The second-order valence-corrected chi connectivity index (χ2v) is 9.74. The quantitative estimate of drug-likeness (QED) is 0.543. The Kier molecular flexibility index (Phi) is 8.23. The first kappa shape index (κ1) is 23.3. The Bertz CT molecular complexity index is 871. The molecule has 2 aromatic rings. The van der Waals surface area contributed by atoms with Gasteiger partial charge in [0.15, 0.2) is 0 Å². The highest BCUT2D eigenvalue weighted by Crippen LogP contribution is 2.27. The van der Waals surface area contributed by atoms with Crippen LogP contribution in [0.5, 0.6) is 0 Å². The molecule has 4 rings (SSSR count). The molecule has 0 N–H and O–H groups in total. The van der Waals surface area contributed by atoms with E-state index >= 15 is 0 Å². The molecule has 1 aliphatic carbocycles. The minimum atomic E-state index is -0.0339. The third kappa shape index (κ3) is 6.34. The van der Waals surface area contributed by atoms with Gasteiger partial charge in [0.1, 0.15) is 0 Å². The number of carbonyl (C=O) groups excluding carboxylic acids is 1. The fourth-order valence-electron chi connectivity index (χ4n) is 4.92. The van der Waals surface area contributed by atoms with Crippen molar-refractivity contribution in [2.75, 3.05) is 32.7 Å². The van der Waals surface area contributed by atoms with Crippen LogP contribution in [0.1, 0.15) is 54.9 Å². The summed E-state index contributed by atoms with van der Waals surface area (Å²) in [5.74, 6) is 0.643. The molecule has 2 fully saturated rings. The van der Waals surface area contributed by atoms with Gasteiger partial charge in [0, 0.05) is 43.7 Å². The van der Waals surface area contributed by atoms with E-state index in [0.29, 0.717) is 12.5 Å². The number of piperazine rings is 1. The van der Waals surface area contributed by atoms with Gasteiger partial charge in [0.25, 0.3) is 0 Å². The topological polar surface area (TPSA) is 32.8 Å². The molecule has 0 bridgehead atoms. The smallest absolute Gasteiger partial charge is 0.225 e. The summed E-state index contributed by atoms with van der Waals surface area (Å²) >= 11 is 6.12. The van der Waals surface area contributed by atoms with Crippen LogP contribution in [0.2, 0.25) is 5.02 Å². The molecule has 0 radical (unpaired) electrons. The van der Waals surface area contributed by atoms with Crippen LogP contribution in [0.15, 0.2) is 48.5 Å². The van der Waals surface area contributed by atoms with Crippen LogP contribution in [-0.4, -0.2) is 48.4 Å². The molecule has 0 spiro atoms. The number of hydrogen-bond donors (Lipinski definition) is 0. The van der Waals surface area contributed by atoms with Crippen molar-refractivity contribution in [1.29, 1.82) is 0 Å². The Balaban J connectivity index is 1.35. The van der Waals surface area contributed by atoms with Crippen molar-refractivity contribution in [2.45, 2.75) is 51.7 Å². The zero-order valence-electron chi connectivity index (χ0n) is 19.1. The van der Waals surface area contributed by atoms with Gasteiger partial charge < -0.3 is 9.64 Å². The summed E-state index contributed by atoms with van der Waals surface area (Å²) in [7, 11) is 0. The van der Waals surface area contributed by atoms with Crippen LogP contribution in [-0.2, 0) is 16.1 Å². The number of ether oxygens (including phenoxy) is 1. The molecule has 1 aliphatic heterocycles. The number of hydrogen-bond acceptors (Lipinski definition) is 3. The largest absolute Gasteiger partial charge is 0.368 e. The highest BCUT2D eigenvalue weighted by atomic mass is 35.5. The maximum atomic E-state index is 12.9. The van der Waals surface area contributed by atoms with E-state index in [-0.39, 0.29) is 12.0 Å². The van der Waals surface area contributed by atoms with E-state index in [9.17, 15) is 4.79 Å². The van der Waals surface area contributed by atoms with E-state index in [1.165, 1.54) is 30.4 Å². The second-order valence-electron chi connectivity index (χ2n) is 9.30. The van der Waals surface area contributed by atoms with Crippen molar-refractivity contribution >= 4 is 17.5 Å². The highest BCUT2D eigenvalue weighted by molar-refractivity contribution is 6.30. The molecule has 5 heteroatoms. The Morgan fingerprint density at radius 1 is 1.03 bits per heavy atom. The van der Waals surface area contributed by atoms with Crippen LogP contribution in [0.25, 0.3) is 0 Å². The third-order valence-corrected chi connectivity index (χ3v) is 7.09. The predicted molar refractivity (Wildman–Crippen MR) is 130 cm³/mol. The van der Waals surface area contributed by atoms with Crippen LogP contribution in [0, 0.1) is 12.8 Å². The van der Waals surface area contributed by atoms with Gasteiger partial charge in [-0.25, -0.2) is 0 Å². The number of aryl methyl sites for hydroxylation is 1. The van der Waals surface area contributed by atoms with Gasteiger partial charge >= 0.3 is 0 Å². The Morgan fingerprint density at radius 3 is 2.44 bits per heavy atom. The number of benzene rings is 2. The first-order chi connectivity index (χ1) is 15.6. The van der Waals surface area contributed by atoms with Crippen LogP contribution in [0.4, 0.5) is 0 Å². The van der Waals surface area contributed by atoms with E-state index in [1.807, 2.05) is 12.1 Å². The monoisotopic (exact) mass is 454 g/mol. The summed E-state index contributed by atoms with van der Waals surface area (Å²) in [6, 6.07) is 16.5. The minimum absolute atomic E-state index is 0.0339. The lowest BCUT2D eigenvalue weighted by atomic mass is 9.88. The standard InChI is InChI=1S/C27H35ClN2O2/c1-21-6-5-7-22(18-21)20-32-26(23-10-12-25(28)13-11-23)19-29-14-16-30(17-15-29)27(31)24-8-3-2-4-9-24/h5-7,10-13,18,24,26H,2-4,8-9,14-17,19-20H2,1H3/t26-/m0/s1. The predicted octanol–water partition coefficient (Wildman–Crippen LogP) is 5.63. The van der Waals surface area contributed by atoms with Crippen molar-refractivity contribution in [3.8, 4) is 0 Å². The van der Waals surface area contributed by atoms with Gasteiger partial charge in [0.2, 0.25) is 5.91 Å². The highest BCUT2D eigenvalue weighted by Gasteiger charge is 2.29. The molecule has 2 aromatic carbocycles. The number of rotatable bonds is 7. The summed E-state index contributed by atoms with van der Waals surface area (Å²) in [4.78, 5) is 17.4. The molecule has 1 saturated carbocycles. The van der Waals surface area contributed by atoms with Gasteiger partial charge in [-0.1, -0.05) is 72.8 Å². The van der Waals surface area contributed by atoms with E-state index in [0.717, 1.165) is 56.2 Å². The average molecular weight is 455 g/mol. The second kappa shape index (κ2) is 11.3. The molecular weight excluding hydrogens is 420 g/mol. The van der Waals surface area contributed by atoms with Gasteiger partial charge in [-0.2, -0.15) is 0 Å². The summed E-state index contributed by atoms with van der Waals surface area (Å²) in [5.41, 5.74) is 3.57. The van der Waals surface area contributed by atoms with Crippen molar-refractivity contribution in [3.05, 3.63) is 70.2 Å². The molecule has 1 atom stereocenters. The summed E-state index contributed by atoms with van der Waals surface area (Å²) < 4.78 is 6.42. The molecule has 1 amide bonds. The van der Waals surface area contributed by atoms with E-state index in [2.05, 4.69) is 53.1 Å². The maximum Gasteiger partial charge on any atom is 0.225 e. The van der Waals surface area contributed by atoms with Gasteiger partial charge in [0.05, 0.1) is 12.7 Å². The maximum absolute atomic E-state index is 12.9. The van der Waals surface area contributed by atoms with Gasteiger partial charge in [-0.05, 0) is 43.0 Å². The summed E-state index contributed by atoms with van der Waals surface area (Å²) in [6.07, 6.45) is 5.81. The lowest BCUT2D eigenvalue weighted by Crippen LogP contribution is -2.51. The molecular formula is C27H35ClN2O2. The van der Waals surface area contributed by atoms with Gasteiger partial charge in [-0.3, -0.25) is 9.69 Å². The number of amides is 1. The van der Waals surface area contributed by atoms with Crippen LogP contribution < -0.4 is 0 Å².